The minimum atomic E-state index is -0.0878. The van der Waals surface area contributed by atoms with Crippen LogP contribution in [0.4, 0.5) is 5.95 Å². The van der Waals surface area contributed by atoms with Gasteiger partial charge in [0, 0.05) is 31.1 Å². The number of ether oxygens (including phenoxy) is 1. The monoisotopic (exact) mass is 434 g/mol. The van der Waals surface area contributed by atoms with Crippen LogP contribution in [0.25, 0.3) is 11.3 Å². The van der Waals surface area contributed by atoms with Gasteiger partial charge in [0.25, 0.3) is 5.56 Å². The molecule has 158 valence electrons. The lowest BCUT2D eigenvalue weighted by molar-refractivity contribution is 0.122. The Morgan fingerprint density at radius 3 is 2.68 bits per heavy atom. The Balaban J connectivity index is 1.48. The minimum absolute atomic E-state index is 0.0878. The molecule has 0 unspecified atom stereocenters. The van der Waals surface area contributed by atoms with E-state index in [0.717, 1.165) is 29.9 Å². The van der Waals surface area contributed by atoms with E-state index in [1.807, 2.05) is 18.2 Å². The number of aryl methyl sites for hydroxylation is 1. The molecule has 9 heteroatoms. The fourth-order valence-corrected chi connectivity index (χ4v) is 4.40. The Hall–Kier alpha value is -3.17. The lowest BCUT2D eigenvalue weighted by Crippen LogP contribution is -2.37. The van der Waals surface area contributed by atoms with Crippen molar-refractivity contribution < 1.29 is 4.74 Å². The molecule has 5 rings (SSSR count). The van der Waals surface area contributed by atoms with E-state index < -0.39 is 0 Å². The number of thioether (sulfide) groups is 1. The summed E-state index contributed by atoms with van der Waals surface area (Å²) < 4.78 is 9.11. The summed E-state index contributed by atoms with van der Waals surface area (Å²) in [5, 5.41) is 9.73. The second-order valence-electron chi connectivity index (χ2n) is 7.36. The van der Waals surface area contributed by atoms with Crippen molar-refractivity contribution >= 4 is 23.4 Å². The van der Waals surface area contributed by atoms with Gasteiger partial charge in [0.2, 0.25) is 5.95 Å². The zero-order chi connectivity index (χ0) is 21.2. The highest BCUT2D eigenvalue weighted by atomic mass is 32.2. The predicted molar refractivity (Wildman–Crippen MR) is 120 cm³/mol. The number of morpholine rings is 1. The minimum Gasteiger partial charge on any atom is -0.378 e. The molecule has 1 aliphatic heterocycles. The second kappa shape index (κ2) is 8.52. The molecule has 0 saturated carbocycles. The van der Waals surface area contributed by atoms with Crippen LogP contribution in [0.5, 0.6) is 0 Å². The molecular weight excluding hydrogens is 412 g/mol. The number of hydrogen-bond donors (Lipinski definition) is 0. The highest BCUT2D eigenvalue weighted by Crippen LogP contribution is 2.29. The maximum Gasteiger partial charge on any atom is 0.258 e. The molecule has 0 bridgehead atoms. The standard InChI is InChI=1S/C22H22N6O2S/c1-16-5-7-18(8-6-16)28-21(26-10-12-30-13-11-26)24-25-22(28)31-15-17-14-20(29)27-9-3-2-4-19(27)23-17/h2-9,14H,10-13,15H2,1H3. The van der Waals surface area contributed by atoms with Gasteiger partial charge >= 0.3 is 0 Å². The highest BCUT2D eigenvalue weighted by molar-refractivity contribution is 7.98. The summed E-state index contributed by atoms with van der Waals surface area (Å²) >= 11 is 1.52. The van der Waals surface area contributed by atoms with E-state index in [4.69, 9.17) is 4.74 Å². The summed E-state index contributed by atoms with van der Waals surface area (Å²) in [7, 11) is 0. The van der Waals surface area contributed by atoms with Gasteiger partial charge in [0.05, 0.1) is 24.6 Å². The molecule has 1 fully saturated rings. The first kappa shape index (κ1) is 19.8. The average molecular weight is 435 g/mol. The normalized spacial score (nSPS) is 14.3. The van der Waals surface area contributed by atoms with Crippen molar-refractivity contribution in [3.63, 3.8) is 0 Å². The van der Waals surface area contributed by atoms with Crippen molar-refractivity contribution in [1.29, 1.82) is 0 Å². The number of nitrogens with zero attached hydrogens (tertiary/aromatic N) is 6. The van der Waals surface area contributed by atoms with E-state index in [2.05, 4.69) is 55.8 Å². The first-order valence-corrected chi connectivity index (χ1v) is 11.1. The second-order valence-corrected chi connectivity index (χ2v) is 8.30. The van der Waals surface area contributed by atoms with Gasteiger partial charge in [0.1, 0.15) is 5.65 Å². The van der Waals surface area contributed by atoms with Crippen molar-refractivity contribution in [2.24, 2.45) is 0 Å². The summed E-state index contributed by atoms with van der Waals surface area (Å²) in [4.78, 5) is 19.2. The molecule has 0 atom stereocenters. The van der Waals surface area contributed by atoms with E-state index >= 15 is 0 Å². The van der Waals surface area contributed by atoms with Crippen molar-refractivity contribution in [3.05, 3.63) is 76.3 Å². The summed E-state index contributed by atoms with van der Waals surface area (Å²) in [5.41, 5.74) is 3.47. The predicted octanol–water partition coefficient (Wildman–Crippen LogP) is 2.71. The largest absolute Gasteiger partial charge is 0.378 e. The SMILES string of the molecule is Cc1ccc(-n2c(SCc3cc(=O)n4ccccc4n3)nnc2N2CCOCC2)cc1. The van der Waals surface area contributed by atoms with Crippen LogP contribution >= 0.6 is 11.8 Å². The van der Waals surface area contributed by atoms with Gasteiger partial charge in [0.15, 0.2) is 5.16 Å². The van der Waals surface area contributed by atoms with Crippen LogP contribution < -0.4 is 10.5 Å². The molecule has 1 saturated heterocycles. The van der Waals surface area contributed by atoms with E-state index in [1.165, 1.54) is 17.3 Å². The lowest BCUT2D eigenvalue weighted by atomic mass is 10.2. The topological polar surface area (TPSA) is 77.5 Å². The molecule has 0 aliphatic carbocycles. The van der Waals surface area contributed by atoms with E-state index in [0.29, 0.717) is 30.3 Å². The molecule has 0 radical (unpaired) electrons. The Bertz CT molecular complexity index is 1260. The molecule has 1 aliphatic rings. The van der Waals surface area contributed by atoms with Crippen LogP contribution in [-0.2, 0) is 10.5 Å². The van der Waals surface area contributed by atoms with Crippen LogP contribution in [0.1, 0.15) is 11.3 Å². The van der Waals surface area contributed by atoms with Crippen LogP contribution in [0.2, 0.25) is 0 Å². The first-order chi connectivity index (χ1) is 15.2. The Labute approximate surface area is 183 Å². The lowest BCUT2D eigenvalue weighted by Gasteiger charge is -2.28. The quantitative estimate of drug-likeness (QED) is 0.447. The first-order valence-electron chi connectivity index (χ1n) is 10.1. The van der Waals surface area contributed by atoms with E-state index in [-0.39, 0.29) is 5.56 Å². The van der Waals surface area contributed by atoms with Crippen molar-refractivity contribution in [2.75, 3.05) is 31.2 Å². The fraction of sp³-hybridized carbons (Fsp3) is 0.273. The van der Waals surface area contributed by atoms with E-state index in [1.54, 1.807) is 16.7 Å². The van der Waals surface area contributed by atoms with Crippen molar-refractivity contribution in [3.8, 4) is 5.69 Å². The number of anilines is 1. The van der Waals surface area contributed by atoms with E-state index in [9.17, 15) is 4.79 Å². The van der Waals surface area contributed by atoms with Gasteiger partial charge in [-0.25, -0.2) is 4.98 Å². The zero-order valence-electron chi connectivity index (χ0n) is 17.1. The maximum absolute atomic E-state index is 12.4. The zero-order valence-corrected chi connectivity index (χ0v) is 18.0. The Kier molecular flexibility index (Phi) is 5.44. The van der Waals surface area contributed by atoms with Crippen LogP contribution in [0.15, 0.2) is 64.7 Å². The summed E-state index contributed by atoms with van der Waals surface area (Å²) in [6, 6.07) is 15.4. The van der Waals surface area contributed by atoms with Crippen molar-refractivity contribution in [1.82, 2.24) is 24.1 Å². The van der Waals surface area contributed by atoms with Crippen LogP contribution in [0.3, 0.4) is 0 Å². The molecular formula is C22H22N6O2S. The van der Waals surface area contributed by atoms with Gasteiger partial charge in [-0.15, -0.1) is 10.2 Å². The number of rotatable bonds is 5. The van der Waals surface area contributed by atoms with Gasteiger partial charge in [-0.05, 0) is 31.2 Å². The van der Waals surface area contributed by atoms with Gasteiger partial charge in [-0.3, -0.25) is 13.8 Å². The summed E-state index contributed by atoms with van der Waals surface area (Å²) in [6.45, 7) is 4.97. The summed E-state index contributed by atoms with van der Waals surface area (Å²) in [5.74, 6) is 1.33. The summed E-state index contributed by atoms with van der Waals surface area (Å²) in [6.07, 6.45) is 1.73. The molecule has 0 N–H and O–H groups in total. The van der Waals surface area contributed by atoms with Crippen LogP contribution in [0, 0.1) is 6.92 Å². The van der Waals surface area contributed by atoms with Gasteiger partial charge in [-0.1, -0.05) is 35.5 Å². The third kappa shape index (κ3) is 4.06. The fourth-order valence-electron chi connectivity index (χ4n) is 3.56. The molecule has 4 heterocycles. The smallest absolute Gasteiger partial charge is 0.258 e. The number of fused-ring (bicyclic) bond motifs is 1. The number of pyridine rings is 1. The molecule has 1 aromatic carbocycles. The average Bonchev–Trinajstić information content (AvgIpc) is 3.23. The van der Waals surface area contributed by atoms with Gasteiger partial charge < -0.3 is 9.64 Å². The Morgan fingerprint density at radius 1 is 1.06 bits per heavy atom. The van der Waals surface area contributed by atoms with Crippen LogP contribution in [-0.4, -0.2) is 50.5 Å². The maximum atomic E-state index is 12.4. The Morgan fingerprint density at radius 2 is 1.87 bits per heavy atom. The molecule has 3 aromatic heterocycles. The van der Waals surface area contributed by atoms with Gasteiger partial charge in [-0.2, -0.15) is 0 Å². The number of aromatic nitrogens is 5. The third-order valence-corrected chi connectivity index (χ3v) is 6.14. The number of benzene rings is 1. The van der Waals surface area contributed by atoms with Crippen molar-refractivity contribution in [2.45, 2.75) is 17.8 Å². The molecule has 4 aromatic rings. The molecule has 31 heavy (non-hydrogen) atoms. The molecule has 8 nitrogen and oxygen atoms in total. The third-order valence-electron chi connectivity index (χ3n) is 5.18. The molecule has 0 amide bonds. The number of hydrogen-bond acceptors (Lipinski definition) is 7. The molecule has 0 spiro atoms. The highest BCUT2D eigenvalue weighted by Gasteiger charge is 2.22.